The van der Waals surface area contributed by atoms with Crippen LogP contribution in [0.5, 0.6) is 11.5 Å². The van der Waals surface area contributed by atoms with Gasteiger partial charge in [0, 0.05) is 17.2 Å². The number of hydrogen-bond acceptors (Lipinski definition) is 4. The van der Waals surface area contributed by atoms with Gasteiger partial charge in [-0.2, -0.15) is 5.10 Å². The number of alkyl halides is 3. The van der Waals surface area contributed by atoms with Crippen LogP contribution >= 0.6 is 0 Å². The van der Waals surface area contributed by atoms with Crippen molar-refractivity contribution in [2.75, 3.05) is 0 Å². The summed E-state index contributed by atoms with van der Waals surface area (Å²) in [5.74, 6) is -0.839. The number of nitrogens with zero attached hydrogens (tertiary/aromatic N) is 1. The van der Waals surface area contributed by atoms with E-state index >= 15 is 0 Å². The van der Waals surface area contributed by atoms with Crippen molar-refractivity contribution in [3.8, 4) is 23.8 Å². The van der Waals surface area contributed by atoms with Gasteiger partial charge < -0.3 is 9.84 Å². The molecule has 2 aromatic carbocycles. The summed E-state index contributed by atoms with van der Waals surface area (Å²) in [7, 11) is 0. The molecule has 0 aromatic heterocycles. The zero-order chi connectivity index (χ0) is 19.3. The van der Waals surface area contributed by atoms with Gasteiger partial charge in [-0.05, 0) is 30.3 Å². The predicted octanol–water partition coefficient (Wildman–Crippen LogP) is 3.18. The number of rotatable bonds is 4. The number of aromatic hydroxyl groups is 1. The molecule has 0 aliphatic heterocycles. The summed E-state index contributed by atoms with van der Waals surface area (Å²) in [5.41, 5.74) is 2.11. The first-order valence-electron chi connectivity index (χ1n) is 6.88. The van der Waals surface area contributed by atoms with E-state index in [1.165, 1.54) is 18.2 Å². The summed E-state index contributed by atoms with van der Waals surface area (Å²) in [4.78, 5) is 11.8. The average Bonchev–Trinajstić information content (AvgIpc) is 2.55. The van der Waals surface area contributed by atoms with E-state index in [2.05, 4.69) is 15.8 Å². The fourth-order valence-electron chi connectivity index (χ4n) is 1.85. The molecular formula is C17H10F4N2O3. The van der Waals surface area contributed by atoms with Crippen molar-refractivity contribution in [1.82, 2.24) is 5.43 Å². The summed E-state index contributed by atoms with van der Waals surface area (Å²) in [6.45, 7) is 0. The van der Waals surface area contributed by atoms with Gasteiger partial charge in [0.1, 0.15) is 17.3 Å². The Morgan fingerprint density at radius 1 is 1.27 bits per heavy atom. The fraction of sp³-hybridized carbons (Fsp3) is 0.0588. The molecule has 0 aliphatic carbocycles. The van der Waals surface area contributed by atoms with Crippen molar-refractivity contribution in [2.24, 2.45) is 5.10 Å². The minimum Gasteiger partial charge on any atom is -0.507 e. The van der Waals surface area contributed by atoms with Crippen LogP contribution in [-0.2, 0) is 0 Å². The van der Waals surface area contributed by atoms with Crippen molar-refractivity contribution in [3.05, 3.63) is 58.9 Å². The van der Waals surface area contributed by atoms with Crippen molar-refractivity contribution in [2.45, 2.75) is 6.36 Å². The van der Waals surface area contributed by atoms with Crippen LogP contribution in [0.25, 0.3) is 0 Å². The van der Waals surface area contributed by atoms with Gasteiger partial charge in [-0.3, -0.25) is 4.79 Å². The van der Waals surface area contributed by atoms with Crippen molar-refractivity contribution in [3.63, 3.8) is 0 Å². The largest absolute Gasteiger partial charge is 0.573 e. The molecule has 0 radical (unpaired) electrons. The van der Waals surface area contributed by atoms with Gasteiger partial charge in [0.05, 0.1) is 11.8 Å². The maximum absolute atomic E-state index is 13.8. The van der Waals surface area contributed by atoms with Crippen LogP contribution in [0.2, 0.25) is 0 Å². The van der Waals surface area contributed by atoms with Crippen molar-refractivity contribution >= 4 is 12.1 Å². The fourth-order valence-corrected chi connectivity index (χ4v) is 1.85. The lowest BCUT2D eigenvalue weighted by Crippen LogP contribution is -2.20. The molecule has 0 atom stereocenters. The normalized spacial score (nSPS) is 11.2. The van der Waals surface area contributed by atoms with E-state index in [0.29, 0.717) is 11.6 Å². The Hall–Kier alpha value is -3.54. The Balaban J connectivity index is 2.10. The molecule has 0 spiro atoms. The van der Waals surface area contributed by atoms with Crippen LogP contribution in [0.1, 0.15) is 21.5 Å². The maximum Gasteiger partial charge on any atom is 0.573 e. The van der Waals surface area contributed by atoms with Gasteiger partial charge in [0.2, 0.25) is 0 Å². The highest BCUT2D eigenvalue weighted by Crippen LogP contribution is 2.24. The minimum absolute atomic E-state index is 0.151. The maximum atomic E-state index is 13.8. The number of nitrogens with one attached hydrogen (secondary N) is 1. The average molecular weight is 366 g/mol. The highest BCUT2D eigenvalue weighted by Gasteiger charge is 2.31. The molecule has 0 aliphatic rings. The first-order chi connectivity index (χ1) is 12.2. The van der Waals surface area contributed by atoms with Crippen LogP contribution in [0, 0.1) is 18.2 Å². The first-order valence-corrected chi connectivity index (χ1v) is 6.88. The number of carbonyl (C=O) groups excluding carboxylic acids is 1. The van der Waals surface area contributed by atoms with Gasteiger partial charge in [-0.1, -0.05) is 5.92 Å². The quantitative estimate of drug-likeness (QED) is 0.378. The van der Waals surface area contributed by atoms with E-state index in [0.717, 1.165) is 18.3 Å². The predicted molar refractivity (Wildman–Crippen MR) is 84.2 cm³/mol. The third kappa shape index (κ3) is 4.98. The summed E-state index contributed by atoms with van der Waals surface area (Å²) in [6.07, 6.45) is 1.32. The lowest BCUT2D eigenvalue weighted by molar-refractivity contribution is -0.274. The summed E-state index contributed by atoms with van der Waals surface area (Å²) in [6, 6.07) is 6.28. The molecule has 0 heterocycles. The number of hydrazone groups is 1. The Morgan fingerprint density at radius 2 is 2.00 bits per heavy atom. The van der Waals surface area contributed by atoms with Gasteiger partial charge in [-0.25, -0.2) is 9.82 Å². The number of carbonyl (C=O) groups is 1. The van der Waals surface area contributed by atoms with Crippen LogP contribution < -0.4 is 10.2 Å². The third-order valence-corrected chi connectivity index (χ3v) is 2.98. The number of ether oxygens (including phenoxy) is 1. The molecule has 1 amide bonds. The molecule has 2 N–H and O–H groups in total. The highest BCUT2D eigenvalue weighted by atomic mass is 19.4. The molecule has 0 saturated heterocycles. The Kier molecular flexibility index (Phi) is 5.47. The summed E-state index contributed by atoms with van der Waals surface area (Å²) < 4.78 is 53.5. The molecule has 9 heteroatoms. The number of hydrogen-bond donors (Lipinski definition) is 2. The Bertz CT molecular complexity index is 902. The van der Waals surface area contributed by atoms with Crippen LogP contribution in [0.4, 0.5) is 17.6 Å². The van der Waals surface area contributed by atoms with Crippen molar-refractivity contribution < 1.29 is 32.2 Å². The SMILES string of the molecule is C#Cc1ccc(O)c(/C=N/NC(=O)c2ccc(OC(F)(F)F)cc2F)c1. The molecule has 26 heavy (non-hydrogen) atoms. The number of amides is 1. The van der Waals surface area contributed by atoms with Crippen molar-refractivity contribution in [1.29, 1.82) is 0 Å². The van der Waals surface area contributed by atoms with E-state index in [-0.39, 0.29) is 11.3 Å². The van der Waals surface area contributed by atoms with Gasteiger partial charge in [0.15, 0.2) is 0 Å². The van der Waals surface area contributed by atoms with Gasteiger partial charge >= 0.3 is 6.36 Å². The molecule has 0 saturated carbocycles. The second kappa shape index (κ2) is 7.57. The first kappa shape index (κ1) is 18.8. The second-order valence-electron chi connectivity index (χ2n) is 4.81. The zero-order valence-electron chi connectivity index (χ0n) is 12.8. The molecule has 0 unspecified atom stereocenters. The summed E-state index contributed by atoms with van der Waals surface area (Å²) >= 11 is 0. The second-order valence-corrected chi connectivity index (χ2v) is 4.81. The molecule has 2 rings (SSSR count). The number of benzene rings is 2. The third-order valence-electron chi connectivity index (χ3n) is 2.98. The highest BCUT2D eigenvalue weighted by molar-refractivity contribution is 5.95. The Morgan fingerprint density at radius 3 is 2.62 bits per heavy atom. The van der Waals surface area contributed by atoms with Crippen LogP contribution in [-0.4, -0.2) is 23.6 Å². The molecular weight excluding hydrogens is 356 g/mol. The Labute approximate surface area is 144 Å². The molecule has 2 aromatic rings. The van der Waals surface area contributed by atoms with Gasteiger partial charge in [0.25, 0.3) is 5.91 Å². The smallest absolute Gasteiger partial charge is 0.507 e. The molecule has 0 fully saturated rings. The molecule has 5 nitrogen and oxygen atoms in total. The van der Waals surface area contributed by atoms with Crippen LogP contribution in [0.3, 0.4) is 0 Å². The number of phenolic OH excluding ortho intramolecular Hbond substituents is 1. The molecule has 0 bridgehead atoms. The number of terminal acetylenes is 1. The van der Waals surface area contributed by atoms with Crippen LogP contribution in [0.15, 0.2) is 41.5 Å². The molecule has 134 valence electrons. The lowest BCUT2D eigenvalue weighted by atomic mass is 10.1. The summed E-state index contributed by atoms with van der Waals surface area (Å²) in [5, 5.41) is 13.2. The topological polar surface area (TPSA) is 70.9 Å². The van der Waals surface area contributed by atoms with E-state index in [4.69, 9.17) is 6.42 Å². The van der Waals surface area contributed by atoms with E-state index in [1.54, 1.807) is 0 Å². The minimum atomic E-state index is -4.98. The standard InChI is InChI=1S/C17H10F4N2O3/c1-2-10-3-6-15(24)11(7-10)9-22-23-16(25)13-5-4-12(8-14(13)18)26-17(19,20)21/h1,3-9,24H,(H,23,25)/b22-9+. The van der Waals surface area contributed by atoms with Gasteiger partial charge in [-0.15, -0.1) is 19.6 Å². The monoisotopic (exact) mass is 366 g/mol. The van der Waals surface area contributed by atoms with E-state index in [9.17, 15) is 27.5 Å². The lowest BCUT2D eigenvalue weighted by Gasteiger charge is -2.09. The number of halogens is 4. The number of phenols is 1. The van der Waals surface area contributed by atoms with E-state index < -0.39 is 29.4 Å². The zero-order valence-corrected chi connectivity index (χ0v) is 12.8. The van der Waals surface area contributed by atoms with E-state index in [1.807, 2.05) is 5.43 Å².